The minimum absolute atomic E-state index is 0.0357. The molecule has 2 nitrogen and oxygen atoms in total. The second-order valence-electron chi connectivity index (χ2n) is 4.00. The van der Waals surface area contributed by atoms with E-state index in [4.69, 9.17) is 12.2 Å². The van der Waals surface area contributed by atoms with Crippen LogP contribution in [0.2, 0.25) is 0 Å². The zero-order valence-electron chi connectivity index (χ0n) is 10.1. The van der Waals surface area contributed by atoms with Gasteiger partial charge in [-0.3, -0.25) is 9.69 Å². The number of benzene rings is 1. The average molecular weight is 275 g/mol. The van der Waals surface area contributed by atoms with E-state index < -0.39 is 0 Å². The smallest absolute Gasteiger partial charge is 0.266 e. The van der Waals surface area contributed by atoms with E-state index in [-0.39, 0.29) is 5.91 Å². The van der Waals surface area contributed by atoms with E-state index in [0.29, 0.717) is 15.8 Å². The molecular formula is C14H13NOS2. The zero-order valence-corrected chi connectivity index (χ0v) is 11.7. The number of rotatable bonds is 3. The van der Waals surface area contributed by atoms with Crippen molar-refractivity contribution in [3.05, 3.63) is 53.0 Å². The minimum Gasteiger partial charge on any atom is -0.289 e. The van der Waals surface area contributed by atoms with Gasteiger partial charge in [0.1, 0.15) is 4.32 Å². The summed E-state index contributed by atoms with van der Waals surface area (Å²) in [5.41, 5.74) is 2.19. The molecule has 1 saturated heterocycles. The fourth-order valence-corrected chi connectivity index (χ4v) is 2.97. The van der Waals surface area contributed by atoms with E-state index in [9.17, 15) is 4.79 Å². The number of thioether (sulfide) groups is 1. The summed E-state index contributed by atoms with van der Waals surface area (Å²) < 4.78 is 0.596. The summed E-state index contributed by atoms with van der Waals surface area (Å²) in [5, 5.41) is 0. The van der Waals surface area contributed by atoms with Gasteiger partial charge < -0.3 is 0 Å². The topological polar surface area (TPSA) is 20.3 Å². The van der Waals surface area contributed by atoms with Crippen LogP contribution in [0.3, 0.4) is 0 Å². The van der Waals surface area contributed by atoms with Gasteiger partial charge in [-0.15, -0.1) is 6.58 Å². The lowest BCUT2D eigenvalue weighted by molar-refractivity contribution is -0.121. The number of amides is 1. The fourth-order valence-electron chi connectivity index (χ4n) is 1.70. The van der Waals surface area contributed by atoms with Gasteiger partial charge in [0, 0.05) is 6.54 Å². The Hall–Kier alpha value is -1.39. The Balaban J connectivity index is 2.27. The summed E-state index contributed by atoms with van der Waals surface area (Å²) in [6.07, 6.45) is 3.57. The highest BCUT2D eigenvalue weighted by Crippen LogP contribution is 2.32. The Labute approximate surface area is 116 Å². The van der Waals surface area contributed by atoms with Crippen molar-refractivity contribution in [3.8, 4) is 0 Å². The van der Waals surface area contributed by atoms with Crippen molar-refractivity contribution in [1.29, 1.82) is 0 Å². The monoisotopic (exact) mass is 275 g/mol. The van der Waals surface area contributed by atoms with Crippen LogP contribution in [0.1, 0.15) is 11.1 Å². The summed E-state index contributed by atoms with van der Waals surface area (Å²) in [4.78, 5) is 14.3. The maximum atomic E-state index is 12.1. The van der Waals surface area contributed by atoms with Crippen LogP contribution in [0, 0.1) is 6.92 Å². The van der Waals surface area contributed by atoms with Gasteiger partial charge in [0.05, 0.1) is 4.91 Å². The molecule has 0 saturated carbocycles. The maximum Gasteiger partial charge on any atom is 0.266 e. The van der Waals surface area contributed by atoms with Crippen molar-refractivity contribution in [3.63, 3.8) is 0 Å². The van der Waals surface area contributed by atoms with Crippen LogP contribution in [0.5, 0.6) is 0 Å². The molecular weight excluding hydrogens is 262 g/mol. The number of hydrogen-bond donors (Lipinski definition) is 0. The molecule has 1 aromatic rings. The Morgan fingerprint density at radius 3 is 2.94 bits per heavy atom. The molecule has 92 valence electrons. The van der Waals surface area contributed by atoms with E-state index in [1.165, 1.54) is 17.3 Å². The minimum atomic E-state index is -0.0357. The van der Waals surface area contributed by atoms with Gasteiger partial charge >= 0.3 is 0 Å². The zero-order chi connectivity index (χ0) is 13.1. The normalized spacial score (nSPS) is 17.6. The van der Waals surface area contributed by atoms with Crippen LogP contribution in [-0.2, 0) is 4.79 Å². The average Bonchev–Trinajstić information content (AvgIpc) is 2.57. The molecule has 0 atom stereocenters. The molecule has 0 unspecified atom stereocenters. The number of aryl methyl sites for hydroxylation is 1. The molecule has 18 heavy (non-hydrogen) atoms. The van der Waals surface area contributed by atoms with Crippen molar-refractivity contribution in [2.24, 2.45) is 0 Å². The highest BCUT2D eigenvalue weighted by atomic mass is 32.2. The Kier molecular flexibility index (Phi) is 3.99. The summed E-state index contributed by atoms with van der Waals surface area (Å²) >= 11 is 6.53. The van der Waals surface area contributed by atoms with Crippen LogP contribution < -0.4 is 0 Å². The van der Waals surface area contributed by atoms with Gasteiger partial charge in [-0.2, -0.15) is 0 Å². The van der Waals surface area contributed by atoms with Gasteiger partial charge in [-0.05, 0) is 18.6 Å². The molecule has 0 bridgehead atoms. The van der Waals surface area contributed by atoms with E-state index in [0.717, 1.165) is 5.56 Å². The second-order valence-corrected chi connectivity index (χ2v) is 5.67. The Morgan fingerprint density at radius 2 is 2.28 bits per heavy atom. The van der Waals surface area contributed by atoms with Crippen molar-refractivity contribution in [2.75, 3.05) is 6.54 Å². The second kappa shape index (κ2) is 5.50. The molecule has 4 heteroatoms. The molecule has 1 aliphatic heterocycles. The standard InChI is InChI=1S/C14H13NOS2/c1-3-7-15-13(16)12(18-14(15)17)9-11-6-4-5-10(2)8-11/h3-6,8-9H,1,7H2,2H3. The van der Waals surface area contributed by atoms with Crippen LogP contribution in [0.15, 0.2) is 41.8 Å². The van der Waals surface area contributed by atoms with Crippen molar-refractivity contribution >= 4 is 40.3 Å². The third-order valence-electron chi connectivity index (χ3n) is 2.53. The predicted molar refractivity (Wildman–Crippen MR) is 81.3 cm³/mol. The summed E-state index contributed by atoms with van der Waals surface area (Å²) in [6, 6.07) is 8.03. The Bertz CT molecular complexity index is 548. The van der Waals surface area contributed by atoms with Crippen LogP contribution >= 0.6 is 24.0 Å². The molecule has 1 heterocycles. The largest absolute Gasteiger partial charge is 0.289 e. The van der Waals surface area contributed by atoms with E-state index in [1.807, 2.05) is 37.3 Å². The van der Waals surface area contributed by atoms with E-state index in [1.54, 1.807) is 11.0 Å². The lowest BCUT2D eigenvalue weighted by Crippen LogP contribution is -2.27. The predicted octanol–water partition coefficient (Wildman–Crippen LogP) is 3.38. The molecule has 1 fully saturated rings. The van der Waals surface area contributed by atoms with Gasteiger partial charge in [-0.25, -0.2) is 0 Å². The molecule has 1 amide bonds. The maximum absolute atomic E-state index is 12.1. The van der Waals surface area contributed by atoms with Gasteiger partial charge in [0.2, 0.25) is 0 Å². The molecule has 1 aromatic carbocycles. The number of hydrogen-bond acceptors (Lipinski definition) is 3. The van der Waals surface area contributed by atoms with Crippen molar-refractivity contribution in [2.45, 2.75) is 6.92 Å². The molecule has 0 N–H and O–H groups in total. The molecule has 0 spiro atoms. The van der Waals surface area contributed by atoms with E-state index in [2.05, 4.69) is 6.58 Å². The molecule has 0 radical (unpaired) electrons. The highest BCUT2D eigenvalue weighted by Gasteiger charge is 2.30. The van der Waals surface area contributed by atoms with Crippen molar-refractivity contribution < 1.29 is 4.79 Å². The number of carbonyl (C=O) groups is 1. The number of carbonyl (C=O) groups excluding carboxylic acids is 1. The lowest BCUT2D eigenvalue weighted by Gasteiger charge is -2.10. The van der Waals surface area contributed by atoms with Gasteiger partial charge in [0.25, 0.3) is 5.91 Å². The van der Waals surface area contributed by atoms with Crippen LogP contribution in [0.25, 0.3) is 6.08 Å². The summed E-state index contributed by atoms with van der Waals surface area (Å²) in [5.74, 6) is -0.0357. The molecule has 0 aliphatic carbocycles. The number of nitrogens with zero attached hydrogens (tertiary/aromatic N) is 1. The number of thiocarbonyl (C=S) groups is 1. The van der Waals surface area contributed by atoms with Crippen LogP contribution in [-0.4, -0.2) is 21.7 Å². The van der Waals surface area contributed by atoms with Crippen molar-refractivity contribution in [1.82, 2.24) is 4.90 Å². The first-order valence-corrected chi connectivity index (χ1v) is 6.77. The summed E-state index contributed by atoms with van der Waals surface area (Å²) in [6.45, 7) is 6.13. The van der Waals surface area contributed by atoms with Gasteiger partial charge in [-0.1, -0.05) is 59.9 Å². The highest BCUT2D eigenvalue weighted by molar-refractivity contribution is 8.26. The molecule has 2 rings (SSSR count). The van der Waals surface area contributed by atoms with E-state index >= 15 is 0 Å². The van der Waals surface area contributed by atoms with Gasteiger partial charge in [0.15, 0.2) is 0 Å². The molecule has 0 aromatic heterocycles. The third-order valence-corrected chi connectivity index (χ3v) is 3.90. The lowest BCUT2D eigenvalue weighted by atomic mass is 10.1. The first-order valence-electron chi connectivity index (χ1n) is 5.55. The third kappa shape index (κ3) is 2.71. The fraction of sp³-hybridized carbons (Fsp3) is 0.143. The Morgan fingerprint density at radius 1 is 1.50 bits per heavy atom. The first kappa shape index (κ1) is 13.1. The summed E-state index contributed by atoms with van der Waals surface area (Å²) in [7, 11) is 0. The SMILES string of the molecule is C=CCN1C(=O)C(=Cc2cccc(C)c2)SC1=S. The van der Waals surface area contributed by atoms with Crippen LogP contribution in [0.4, 0.5) is 0 Å². The molecule has 1 aliphatic rings. The first-order chi connectivity index (χ1) is 8.61. The quantitative estimate of drug-likeness (QED) is 0.479.